The molecule has 2 rings (SSSR count). The highest BCUT2D eigenvalue weighted by atomic mass is 16.5. The molecule has 0 saturated carbocycles. The minimum atomic E-state index is -0.334. The lowest BCUT2D eigenvalue weighted by Crippen LogP contribution is -2.27. The molecular weight excluding hydrogens is 244 g/mol. The van der Waals surface area contributed by atoms with Crippen molar-refractivity contribution in [2.45, 2.75) is 32.3 Å². The van der Waals surface area contributed by atoms with Gasteiger partial charge in [0.05, 0.1) is 26.1 Å². The number of likely N-dealkylation sites (tertiary alicyclic amines) is 2. The standard InChI is InChI=1S/C14H20N2O3/c1-12(17)19-13-10-14(18)16(11-13)9-5-4-8-15-6-2-3-7-15/h13H,2-3,6-11H2,1H3/t13-/m1/s1. The second kappa shape index (κ2) is 6.58. The number of hydrogen-bond acceptors (Lipinski definition) is 4. The fourth-order valence-corrected chi connectivity index (χ4v) is 2.46. The fourth-order valence-electron chi connectivity index (χ4n) is 2.46. The molecule has 2 heterocycles. The van der Waals surface area contributed by atoms with Crippen molar-refractivity contribution in [3.63, 3.8) is 0 Å². The number of carbonyl (C=O) groups excluding carboxylic acids is 2. The number of ether oxygens (including phenoxy) is 1. The fraction of sp³-hybridized carbons (Fsp3) is 0.714. The van der Waals surface area contributed by atoms with Crippen molar-refractivity contribution in [3.05, 3.63) is 0 Å². The van der Waals surface area contributed by atoms with E-state index in [9.17, 15) is 9.59 Å². The Hall–Kier alpha value is -1.54. The maximum Gasteiger partial charge on any atom is 0.302 e. The molecule has 0 aromatic heterocycles. The molecule has 0 bridgehead atoms. The summed E-state index contributed by atoms with van der Waals surface area (Å²) in [4.78, 5) is 26.5. The molecule has 0 unspecified atom stereocenters. The average Bonchev–Trinajstić information content (AvgIpc) is 2.94. The summed E-state index contributed by atoms with van der Waals surface area (Å²) in [5.74, 6) is 5.82. The second-order valence-corrected chi connectivity index (χ2v) is 5.05. The van der Waals surface area contributed by atoms with Gasteiger partial charge in [-0.05, 0) is 25.9 Å². The SMILES string of the molecule is CC(=O)O[C@@H]1CC(=O)N(CC#CCN2CCCC2)C1. The van der Waals surface area contributed by atoms with Crippen LogP contribution in [-0.4, -0.2) is 60.5 Å². The van der Waals surface area contributed by atoms with Crippen LogP contribution in [0.3, 0.4) is 0 Å². The predicted octanol–water partition coefficient (Wildman–Crippen LogP) is 0.250. The van der Waals surface area contributed by atoms with Crippen LogP contribution >= 0.6 is 0 Å². The Balaban J connectivity index is 1.72. The number of amides is 1. The van der Waals surface area contributed by atoms with Gasteiger partial charge in [-0.3, -0.25) is 14.5 Å². The van der Waals surface area contributed by atoms with Gasteiger partial charge in [-0.1, -0.05) is 11.8 Å². The van der Waals surface area contributed by atoms with Crippen LogP contribution in [0, 0.1) is 11.8 Å². The van der Waals surface area contributed by atoms with Crippen molar-refractivity contribution in [3.8, 4) is 11.8 Å². The molecule has 2 fully saturated rings. The number of carbonyl (C=O) groups is 2. The topological polar surface area (TPSA) is 49.9 Å². The van der Waals surface area contributed by atoms with E-state index in [4.69, 9.17) is 4.74 Å². The van der Waals surface area contributed by atoms with Gasteiger partial charge in [0.2, 0.25) is 5.91 Å². The lowest BCUT2D eigenvalue weighted by atomic mass is 10.3. The molecule has 0 radical (unpaired) electrons. The maximum atomic E-state index is 11.7. The first-order valence-corrected chi connectivity index (χ1v) is 6.78. The lowest BCUT2D eigenvalue weighted by molar-refractivity contribution is -0.145. The summed E-state index contributed by atoms with van der Waals surface area (Å²) in [6, 6.07) is 0. The van der Waals surface area contributed by atoms with Crippen LogP contribution in [0.5, 0.6) is 0 Å². The lowest BCUT2D eigenvalue weighted by Gasteiger charge is -2.13. The first-order chi connectivity index (χ1) is 9.15. The van der Waals surface area contributed by atoms with E-state index in [2.05, 4.69) is 16.7 Å². The van der Waals surface area contributed by atoms with Gasteiger partial charge >= 0.3 is 5.97 Å². The van der Waals surface area contributed by atoms with E-state index in [1.165, 1.54) is 19.8 Å². The highest BCUT2D eigenvalue weighted by Crippen LogP contribution is 2.13. The van der Waals surface area contributed by atoms with E-state index in [-0.39, 0.29) is 24.4 Å². The molecule has 19 heavy (non-hydrogen) atoms. The van der Waals surface area contributed by atoms with Crippen molar-refractivity contribution in [1.82, 2.24) is 9.80 Å². The zero-order valence-electron chi connectivity index (χ0n) is 11.4. The molecule has 0 N–H and O–H groups in total. The summed E-state index contributed by atoms with van der Waals surface area (Å²) >= 11 is 0. The smallest absolute Gasteiger partial charge is 0.302 e. The molecule has 0 aliphatic carbocycles. The molecule has 1 amide bonds. The molecule has 2 saturated heterocycles. The molecule has 0 aromatic rings. The number of nitrogens with zero attached hydrogens (tertiary/aromatic N) is 2. The van der Waals surface area contributed by atoms with Crippen LogP contribution in [0.25, 0.3) is 0 Å². The predicted molar refractivity (Wildman–Crippen MR) is 70.2 cm³/mol. The minimum Gasteiger partial charge on any atom is -0.460 e. The zero-order chi connectivity index (χ0) is 13.7. The summed E-state index contributed by atoms with van der Waals surface area (Å²) in [5, 5.41) is 0. The Bertz CT molecular complexity index is 405. The summed E-state index contributed by atoms with van der Waals surface area (Å²) < 4.78 is 5.04. The van der Waals surface area contributed by atoms with Crippen LogP contribution < -0.4 is 0 Å². The van der Waals surface area contributed by atoms with Crippen LogP contribution in [-0.2, 0) is 14.3 Å². The highest BCUT2D eigenvalue weighted by molar-refractivity contribution is 5.80. The third kappa shape index (κ3) is 4.25. The third-order valence-corrected chi connectivity index (χ3v) is 3.41. The van der Waals surface area contributed by atoms with E-state index in [1.54, 1.807) is 4.90 Å². The van der Waals surface area contributed by atoms with Gasteiger partial charge < -0.3 is 9.64 Å². The van der Waals surface area contributed by atoms with Crippen molar-refractivity contribution < 1.29 is 14.3 Å². The first-order valence-electron chi connectivity index (χ1n) is 6.78. The van der Waals surface area contributed by atoms with Crippen LogP contribution in [0.2, 0.25) is 0 Å². The molecule has 5 heteroatoms. The number of rotatable bonds is 3. The molecule has 104 valence electrons. The van der Waals surface area contributed by atoms with Crippen LogP contribution in [0.1, 0.15) is 26.2 Å². The minimum absolute atomic E-state index is 0.0155. The molecule has 1 atom stereocenters. The van der Waals surface area contributed by atoms with E-state index in [1.807, 2.05) is 0 Å². The Labute approximate surface area is 113 Å². The van der Waals surface area contributed by atoms with Crippen molar-refractivity contribution in [2.24, 2.45) is 0 Å². The van der Waals surface area contributed by atoms with Gasteiger partial charge in [-0.2, -0.15) is 0 Å². The second-order valence-electron chi connectivity index (χ2n) is 5.05. The highest BCUT2D eigenvalue weighted by Gasteiger charge is 2.30. The van der Waals surface area contributed by atoms with Crippen molar-refractivity contribution in [1.29, 1.82) is 0 Å². The summed E-state index contributed by atoms with van der Waals surface area (Å²) in [5.41, 5.74) is 0. The van der Waals surface area contributed by atoms with Gasteiger partial charge in [0.1, 0.15) is 6.10 Å². The van der Waals surface area contributed by atoms with Gasteiger partial charge in [-0.15, -0.1) is 0 Å². The summed E-state index contributed by atoms with van der Waals surface area (Å²) in [6.45, 7) is 5.32. The third-order valence-electron chi connectivity index (χ3n) is 3.41. The van der Waals surface area contributed by atoms with Gasteiger partial charge in [-0.25, -0.2) is 0 Å². The Kier molecular flexibility index (Phi) is 4.80. The number of hydrogen-bond donors (Lipinski definition) is 0. The van der Waals surface area contributed by atoms with Gasteiger partial charge in [0.25, 0.3) is 0 Å². The zero-order valence-corrected chi connectivity index (χ0v) is 11.4. The quantitative estimate of drug-likeness (QED) is 0.541. The average molecular weight is 264 g/mol. The number of esters is 1. The van der Waals surface area contributed by atoms with Crippen molar-refractivity contribution >= 4 is 11.9 Å². The maximum absolute atomic E-state index is 11.7. The summed E-state index contributed by atoms with van der Waals surface area (Å²) in [7, 11) is 0. The first kappa shape index (κ1) is 13.9. The van der Waals surface area contributed by atoms with Gasteiger partial charge in [0.15, 0.2) is 0 Å². The van der Waals surface area contributed by atoms with Crippen LogP contribution in [0.15, 0.2) is 0 Å². The monoisotopic (exact) mass is 264 g/mol. The molecule has 2 aliphatic heterocycles. The Morgan fingerprint density at radius 2 is 2.00 bits per heavy atom. The normalized spacial score (nSPS) is 23.3. The molecule has 0 spiro atoms. The van der Waals surface area contributed by atoms with Gasteiger partial charge in [0, 0.05) is 6.92 Å². The van der Waals surface area contributed by atoms with E-state index in [0.717, 1.165) is 19.6 Å². The Morgan fingerprint density at radius 1 is 1.32 bits per heavy atom. The van der Waals surface area contributed by atoms with E-state index < -0.39 is 0 Å². The Morgan fingerprint density at radius 3 is 2.68 bits per heavy atom. The molecule has 5 nitrogen and oxygen atoms in total. The summed E-state index contributed by atoms with van der Waals surface area (Å²) in [6.07, 6.45) is 2.51. The van der Waals surface area contributed by atoms with Crippen LogP contribution in [0.4, 0.5) is 0 Å². The van der Waals surface area contributed by atoms with E-state index >= 15 is 0 Å². The van der Waals surface area contributed by atoms with E-state index in [0.29, 0.717) is 13.1 Å². The molecule has 2 aliphatic rings. The van der Waals surface area contributed by atoms with Crippen molar-refractivity contribution in [2.75, 3.05) is 32.7 Å². The molecule has 0 aromatic carbocycles. The molecular formula is C14H20N2O3. The largest absolute Gasteiger partial charge is 0.460 e.